The van der Waals surface area contributed by atoms with Crippen LogP contribution < -0.4 is 10.6 Å². The number of carbonyl (C=O) groups is 1. The minimum atomic E-state index is 0.185. The maximum absolute atomic E-state index is 11.5. The van der Waals surface area contributed by atoms with Crippen molar-refractivity contribution in [3.05, 3.63) is 0 Å². The highest BCUT2D eigenvalue weighted by Crippen LogP contribution is 2.25. The summed E-state index contributed by atoms with van der Waals surface area (Å²) in [5, 5.41) is 6.37. The van der Waals surface area contributed by atoms with Crippen LogP contribution in [0.15, 0.2) is 0 Å². The standard InChI is InChI=1S/C12H23N3O/c1-9(2)14-12(16)3-4-15-7-10-5-13-6-11(10)8-15/h9-11,13H,3-8H2,1-2H3,(H,14,16). The monoisotopic (exact) mass is 225 g/mol. The second-order valence-corrected chi connectivity index (χ2v) is 5.41. The molecule has 2 unspecified atom stereocenters. The summed E-state index contributed by atoms with van der Waals surface area (Å²) in [7, 11) is 0. The Balaban J connectivity index is 1.66. The lowest BCUT2D eigenvalue weighted by atomic mass is 10.0. The Bertz CT molecular complexity index is 243. The molecule has 0 saturated carbocycles. The first-order chi connectivity index (χ1) is 7.65. The van der Waals surface area contributed by atoms with Crippen molar-refractivity contribution in [2.75, 3.05) is 32.7 Å². The molecule has 2 atom stereocenters. The van der Waals surface area contributed by atoms with Gasteiger partial charge in [0.25, 0.3) is 0 Å². The fourth-order valence-electron chi connectivity index (χ4n) is 2.79. The summed E-state index contributed by atoms with van der Waals surface area (Å²) in [5.41, 5.74) is 0. The van der Waals surface area contributed by atoms with Crippen LogP contribution in [0.4, 0.5) is 0 Å². The Labute approximate surface area is 97.8 Å². The van der Waals surface area contributed by atoms with Gasteiger partial charge in [0, 0.05) is 32.1 Å². The lowest BCUT2D eigenvalue weighted by Crippen LogP contribution is -2.34. The maximum Gasteiger partial charge on any atom is 0.221 e. The molecule has 0 aromatic heterocycles. The predicted octanol–water partition coefficient (Wildman–Crippen LogP) is 0.0523. The van der Waals surface area contributed by atoms with Gasteiger partial charge in [0.1, 0.15) is 0 Å². The summed E-state index contributed by atoms with van der Waals surface area (Å²) in [6, 6.07) is 0.259. The molecule has 2 rings (SSSR count). The smallest absolute Gasteiger partial charge is 0.221 e. The van der Waals surface area contributed by atoms with Crippen LogP contribution in [0, 0.1) is 11.8 Å². The van der Waals surface area contributed by atoms with Crippen LogP contribution >= 0.6 is 0 Å². The summed E-state index contributed by atoms with van der Waals surface area (Å²) in [4.78, 5) is 13.9. The van der Waals surface area contributed by atoms with Crippen LogP contribution in [0.5, 0.6) is 0 Å². The average Bonchev–Trinajstić information content (AvgIpc) is 2.72. The van der Waals surface area contributed by atoms with Gasteiger partial charge in [-0.15, -0.1) is 0 Å². The Morgan fingerprint density at radius 2 is 2.00 bits per heavy atom. The number of hydrogen-bond acceptors (Lipinski definition) is 3. The predicted molar refractivity (Wildman–Crippen MR) is 64.2 cm³/mol. The zero-order valence-corrected chi connectivity index (χ0v) is 10.3. The number of hydrogen-bond donors (Lipinski definition) is 2. The van der Waals surface area contributed by atoms with Crippen molar-refractivity contribution in [3.8, 4) is 0 Å². The lowest BCUT2D eigenvalue weighted by molar-refractivity contribution is -0.121. The number of carbonyl (C=O) groups excluding carboxylic acids is 1. The molecule has 2 saturated heterocycles. The molecule has 2 heterocycles. The summed E-state index contributed by atoms with van der Waals surface area (Å²) >= 11 is 0. The minimum absolute atomic E-state index is 0.185. The van der Waals surface area contributed by atoms with E-state index in [-0.39, 0.29) is 11.9 Å². The van der Waals surface area contributed by atoms with E-state index in [0.29, 0.717) is 6.42 Å². The molecular weight excluding hydrogens is 202 g/mol. The molecule has 1 amide bonds. The highest BCUT2D eigenvalue weighted by Gasteiger charge is 2.35. The molecule has 0 aromatic rings. The van der Waals surface area contributed by atoms with Gasteiger partial charge in [-0.25, -0.2) is 0 Å². The second kappa shape index (κ2) is 5.15. The quantitative estimate of drug-likeness (QED) is 0.711. The summed E-state index contributed by atoms with van der Waals surface area (Å²) in [6.45, 7) is 9.61. The zero-order chi connectivity index (χ0) is 11.5. The normalized spacial score (nSPS) is 29.7. The average molecular weight is 225 g/mol. The molecule has 2 fully saturated rings. The molecule has 4 heteroatoms. The molecule has 2 N–H and O–H groups in total. The molecule has 4 nitrogen and oxygen atoms in total. The molecular formula is C12H23N3O. The van der Waals surface area contributed by atoms with Crippen LogP contribution in [-0.4, -0.2) is 49.6 Å². The first-order valence-electron chi connectivity index (χ1n) is 6.37. The van der Waals surface area contributed by atoms with E-state index in [2.05, 4.69) is 15.5 Å². The van der Waals surface area contributed by atoms with E-state index in [0.717, 1.165) is 18.4 Å². The number of likely N-dealkylation sites (tertiary alicyclic amines) is 1. The van der Waals surface area contributed by atoms with Gasteiger partial charge in [-0.05, 0) is 38.8 Å². The van der Waals surface area contributed by atoms with Crippen LogP contribution in [0.25, 0.3) is 0 Å². The Kier molecular flexibility index (Phi) is 3.82. The van der Waals surface area contributed by atoms with E-state index in [1.165, 1.54) is 26.2 Å². The third kappa shape index (κ3) is 2.95. The Hall–Kier alpha value is -0.610. The van der Waals surface area contributed by atoms with E-state index in [4.69, 9.17) is 0 Å². The lowest BCUT2D eigenvalue weighted by Gasteiger charge is -2.17. The highest BCUT2D eigenvalue weighted by molar-refractivity contribution is 5.76. The SMILES string of the molecule is CC(C)NC(=O)CCN1CC2CNCC2C1. The topological polar surface area (TPSA) is 44.4 Å². The van der Waals surface area contributed by atoms with Gasteiger partial charge < -0.3 is 15.5 Å². The Morgan fingerprint density at radius 1 is 1.38 bits per heavy atom. The largest absolute Gasteiger partial charge is 0.354 e. The summed E-state index contributed by atoms with van der Waals surface area (Å²) in [6.07, 6.45) is 0.644. The molecule has 0 bridgehead atoms. The van der Waals surface area contributed by atoms with Crippen molar-refractivity contribution in [3.63, 3.8) is 0 Å². The van der Waals surface area contributed by atoms with Crippen molar-refractivity contribution in [2.24, 2.45) is 11.8 Å². The zero-order valence-electron chi connectivity index (χ0n) is 10.3. The third-order valence-corrected chi connectivity index (χ3v) is 3.57. The van der Waals surface area contributed by atoms with E-state index >= 15 is 0 Å². The molecule has 16 heavy (non-hydrogen) atoms. The molecule has 0 aliphatic carbocycles. The van der Waals surface area contributed by atoms with Gasteiger partial charge in [-0.1, -0.05) is 0 Å². The molecule has 2 aliphatic rings. The van der Waals surface area contributed by atoms with Crippen LogP contribution in [0.3, 0.4) is 0 Å². The third-order valence-electron chi connectivity index (χ3n) is 3.57. The first-order valence-corrected chi connectivity index (χ1v) is 6.37. The van der Waals surface area contributed by atoms with Gasteiger partial charge >= 0.3 is 0 Å². The highest BCUT2D eigenvalue weighted by atomic mass is 16.1. The van der Waals surface area contributed by atoms with Gasteiger partial charge in [-0.3, -0.25) is 4.79 Å². The molecule has 0 radical (unpaired) electrons. The first kappa shape index (κ1) is 11.9. The number of nitrogens with zero attached hydrogens (tertiary/aromatic N) is 1. The fourth-order valence-corrected chi connectivity index (χ4v) is 2.79. The van der Waals surface area contributed by atoms with Crippen molar-refractivity contribution in [1.82, 2.24) is 15.5 Å². The molecule has 92 valence electrons. The number of fused-ring (bicyclic) bond motifs is 1. The summed E-state index contributed by atoms with van der Waals surface area (Å²) < 4.78 is 0. The Morgan fingerprint density at radius 3 is 2.56 bits per heavy atom. The van der Waals surface area contributed by atoms with Crippen molar-refractivity contribution < 1.29 is 4.79 Å². The second-order valence-electron chi connectivity index (χ2n) is 5.41. The van der Waals surface area contributed by atoms with Crippen molar-refractivity contribution >= 4 is 5.91 Å². The molecule has 0 spiro atoms. The summed E-state index contributed by atoms with van der Waals surface area (Å²) in [5.74, 6) is 1.84. The number of nitrogens with one attached hydrogen (secondary N) is 2. The van der Waals surface area contributed by atoms with Crippen LogP contribution in [0.1, 0.15) is 20.3 Å². The van der Waals surface area contributed by atoms with Gasteiger partial charge in [0.05, 0.1) is 0 Å². The minimum Gasteiger partial charge on any atom is -0.354 e. The maximum atomic E-state index is 11.5. The number of amides is 1. The molecule has 0 aromatic carbocycles. The van der Waals surface area contributed by atoms with Crippen molar-refractivity contribution in [2.45, 2.75) is 26.3 Å². The van der Waals surface area contributed by atoms with E-state index in [9.17, 15) is 4.79 Å². The van der Waals surface area contributed by atoms with E-state index < -0.39 is 0 Å². The van der Waals surface area contributed by atoms with Crippen molar-refractivity contribution in [1.29, 1.82) is 0 Å². The number of rotatable bonds is 4. The van der Waals surface area contributed by atoms with Gasteiger partial charge in [0.15, 0.2) is 0 Å². The van der Waals surface area contributed by atoms with E-state index in [1.807, 2.05) is 13.8 Å². The van der Waals surface area contributed by atoms with Gasteiger partial charge in [0.2, 0.25) is 5.91 Å². The van der Waals surface area contributed by atoms with Gasteiger partial charge in [-0.2, -0.15) is 0 Å². The van der Waals surface area contributed by atoms with Crippen LogP contribution in [0.2, 0.25) is 0 Å². The van der Waals surface area contributed by atoms with Crippen LogP contribution in [-0.2, 0) is 4.79 Å². The fraction of sp³-hybridized carbons (Fsp3) is 0.917. The molecule has 2 aliphatic heterocycles. The van der Waals surface area contributed by atoms with E-state index in [1.54, 1.807) is 0 Å².